The van der Waals surface area contributed by atoms with E-state index in [4.69, 9.17) is 21.1 Å². The van der Waals surface area contributed by atoms with Crippen molar-refractivity contribution in [3.63, 3.8) is 0 Å². The number of hydrogen-bond acceptors (Lipinski definition) is 4. The third-order valence-electron chi connectivity index (χ3n) is 4.91. The first kappa shape index (κ1) is 20.0. The van der Waals surface area contributed by atoms with Crippen LogP contribution >= 0.6 is 11.6 Å². The van der Waals surface area contributed by atoms with Crippen LogP contribution in [-0.2, 0) is 4.79 Å². The molecular formula is C21H23ClN2O4. The van der Waals surface area contributed by atoms with Crippen molar-refractivity contribution in [1.29, 1.82) is 0 Å². The maximum absolute atomic E-state index is 12.6. The maximum atomic E-state index is 12.6. The second-order valence-corrected chi connectivity index (χ2v) is 7.01. The summed E-state index contributed by atoms with van der Waals surface area (Å²) in [6, 6.07) is 12.3. The van der Waals surface area contributed by atoms with Gasteiger partial charge in [-0.3, -0.25) is 9.59 Å². The van der Waals surface area contributed by atoms with E-state index in [2.05, 4.69) is 5.32 Å². The zero-order chi connectivity index (χ0) is 20.1. The minimum absolute atomic E-state index is 0.0583. The number of anilines is 1. The Balaban J connectivity index is 1.58. The van der Waals surface area contributed by atoms with Crippen LogP contribution in [0.15, 0.2) is 42.5 Å². The Morgan fingerprint density at radius 2 is 1.71 bits per heavy atom. The van der Waals surface area contributed by atoms with Gasteiger partial charge in [0, 0.05) is 30.8 Å². The molecule has 1 N–H and O–H groups in total. The van der Waals surface area contributed by atoms with Crippen molar-refractivity contribution < 1.29 is 19.1 Å². The second kappa shape index (κ2) is 8.97. The van der Waals surface area contributed by atoms with Crippen LogP contribution in [0, 0.1) is 5.92 Å². The third-order valence-corrected chi connectivity index (χ3v) is 5.24. The molecule has 2 aromatic carbocycles. The molecule has 0 saturated carbocycles. The molecule has 0 bridgehead atoms. The molecule has 28 heavy (non-hydrogen) atoms. The first-order valence-corrected chi connectivity index (χ1v) is 9.48. The Kier molecular flexibility index (Phi) is 6.41. The molecule has 148 valence electrons. The van der Waals surface area contributed by atoms with Crippen LogP contribution in [0.25, 0.3) is 0 Å². The average Bonchev–Trinajstić information content (AvgIpc) is 2.73. The number of hydrogen-bond donors (Lipinski definition) is 1. The van der Waals surface area contributed by atoms with Crippen LogP contribution in [-0.4, -0.2) is 44.0 Å². The molecule has 0 spiro atoms. The second-order valence-electron chi connectivity index (χ2n) is 6.61. The van der Waals surface area contributed by atoms with Gasteiger partial charge in [0.25, 0.3) is 5.91 Å². The van der Waals surface area contributed by atoms with E-state index in [-0.39, 0.29) is 17.7 Å². The zero-order valence-electron chi connectivity index (χ0n) is 15.9. The lowest BCUT2D eigenvalue weighted by Gasteiger charge is -2.31. The van der Waals surface area contributed by atoms with Gasteiger partial charge in [-0.05, 0) is 37.1 Å². The summed E-state index contributed by atoms with van der Waals surface area (Å²) in [7, 11) is 3.11. The molecule has 0 radical (unpaired) electrons. The van der Waals surface area contributed by atoms with Gasteiger partial charge in [0.1, 0.15) is 0 Å². The number of amides is 2. The van der Waals surface area contributed by atoms with E-state index in [0.29, 0.717) is 53.7 Å². The van der Waals surface area contributed by atoms with Gasteiger partial charge < -0.3 is 19.7 Å². The van der Waals surface area contributed by atoms with Crippen LogP contribution < -0.4 is 14.8 Å². The van der Waals surface area contributed by atoms with E-state index in [0.717, 1.165) is 0 Å². The Labute approximate surface area is 169 Å². The summed E-state index contributed by atoms with van der Waals surface area (Å²) in [5, 5.41) is 3.37. The van der Waals surface area contributed by atoms with Crippen LogP contribution in [0.1, 0.15) is 23.2 Å². The highest BCUT2D eigenvalue weighted by Gasteiger charge is 2.28. The predicted octanol–water partition coefficient (Wildman–Crippen LogP) is 3.85. The van der Waals surface area contributed by atoms with E-state index < -0.39 is 0 Å². The highest BCUT2D eigenvalue weighted by atomic mass is 35.5. The molecule has 0 aromatic heterocycles. The number of piperidine rings is 1. The number of nitrogens with one attached hydrogen (secondary N) is 1. The predicted molar refractivity (Wildman–Crippen MR) is 108 cm³/mol. The monoisotopic (exact) mass is 402 g/mol. The Morgan fingerprint density at radius 1 is 1.04 bits per heavy atom. The molecule has 2 aromatic rings. The lowest BCUT2D eigenvalue weighted by atomic mass is 9.95. The minimum Gasteiger partial charge on any atom is -0.493 e. The lowest BCUT2D eigenvalue weighted by Crippen LogP contribution is -2.41. The van der Waals surface area contributed by atoms with Crippen molar-refractivity contribution in [2.24, 2.45) is 5.92 Å². The molecule has 0 unspecified atom stereocenters. The molecule has 1 fully saturated rings. The van der Waals surface area contributed by atoms with Crippen molar-refractivity contribution in [3.05, 3.63) is 53.1 Å². The number of nitrogens with zero attached hydrogens (tertiary/aromatic N) is 1. The largest absolute Gasteiger partial charge is 0.493 e. The summed E-state index contributed by atoms with van der Waals surface area (Å²) >= 11 is 6.12. The highest BCUT2D eigenvalue weighted by molar-refractivity contribution is 6.33. The van der Waals surface area contributed by atoms with Crippen LogP contribution in [0.4, 0.5) is 5.69 Å². The van der Waals surface area contributed by atoms with Gasteiger partial charge in [-0.15, -0.1) is 0 Å². The van der Waals surface area contributed by atoms with E-state index in [1.165, 1.54) is 0 Å². The van der Waals surface area contributed by atoms with Crippen LogP contribution in [0.3, 0.4) is 0 Å². The summed E-state index contributed by atoms with van der Waals surface area (Å²) in [5.41, 5.74) is 1.15. The molecule has 0 aliphatic carbocycles. The van der Waals surface area contributed by atoms with Crippen LogP contribution in [0.2, 0.25) is 5.02 Å². The fourth-order valence-electron chi connectivity index (χ4n) is 3.31. The standard InChI is InChI=1S/C21H23ClN2O4/c1-27-18-8-7-15(13-19(18)28-2)23-20(25)14-9-11-24(12-10-14)21(26)16-5-3-4-6-17(16)22/h3-8,13-14H,9-12H2,1-2H3,(H,23,25). The zero-order valence-corrected chi connectivity index (χ0v) is 16.7. The van der Waals surface area contributed by atoms with Crippen molar-refractivity contribution in [1.82, 2.24) is 4.90 Å². The Bertz CT molecular complexity index is 863. The molecule has 6 nitrogen and oxygen atoms in total. The van der Waals surface area contributed by atoms with Crippen molar-refractivity contribution in [2.75, 3.05) is 32.6 Å². The molecule has 1 aliphatic heterocycles. The number of benzene rings is 2. The number of carbonyl (C=O) groups excluding carboxylic acids is 2. The van der Waals surface area contributed by atoms with Crippen molar-refractivity contribution in [2.45, 2.75) is 12.8 Å². The lowest BCUT2D eigenvalue weighted by molar-refractivity contribution is -0.121. The number of halogens is 1. The van der Waals surface area contributed by atoms with Crippen molar-refractivity contribution in [3.8, 4) is 11.5 Å². The molecule has 1 aliphatic rings. The summed E-state index contributed by atoms with van der Waals surface area (Å²) in [6.45, 7) is 1.04. The quantitative estimate of drug-likeness (QED) is 0.824. The fraction of sp³-hybridized carbons (Fsp3) is 0.333. The van der Waals surface area contributed by atoms with Gasteiger partial charge >= 0.3 is 0 Å². The van der Waals surface area contributed by atoms with Crippen LogP contribution in [0.5, 0.6) is 11.5 Å². The average molecular weight is 403 g/mol. The van der Waals surface area contributed by atoms with Gasteiger partial charge in [0.2, 0.25) is 5.91 Å². The number of ether oxygens (including phenoxy) is 2. The smallest absolute Gasteiger partial charge is 0.255 e. The normalized spacial score (nSPS) is 14.5. The van der Waals surface area contributed by atoms with E-state index in [1.807, 2.05) is 0 Å². The number of carbonyl (C=O) groups is 2. The highest BCUT2D eigenvalue weighted by Crippen LogP contribution is 2.30. The SMILES string of the molecule is COc1ccc(NC(=O)C2CCN(C(=O)c3ccccc3Cl)CC2)cc1OC. The first-order chi connectivity index (χ1) is 13.5. The number of likely N-dealkylation sites (tertiary alicyclic amines) is 1. The van der Waals surface area contributed by atoms with Gasteiger partial charge in [0.05, 0.1) is 24.8 Å². The molecule has 1 saturated heterocycles. The molecule has 0 atom stereocenters. The molecule has 7 heteroatoms. The third kappa shape index (κ3) is 4.39. The Hall–Kier alpha value is -2.73. The van der Waals surface area contributed by atoms with Gasteiger partial charge in [0.15, 0.2) is 11.5 Å². The van der Waals surface area contributed by atoms with Gasteiger partial charge in [-0.1, -0.05) is 23.7 Å². The van der Waals surface area contributed by atoms with Crippen molar-refractivity contribution >= 4 is 29.1 Å². The van der Waals surface area contributed by atoms with E-state index >= 15 is 0 Å². The summed E-state index contributed by atoms with van der Waals surface area (Å²) in [6.07, 6.45) is 1.21. The Morgan fingerprint density at radius 3 is 2.36 bits per heavy atom. The maximum Gasteiger partial charge on any atom is 0.255 e. The van der Waals surface area contributed by atoms with E-state index in [9.17, 15) is 9.59 Å². The summed E-state index contributed by atoms with van der Waals surface area (Å²) in [5.74, 6) is 0.858. The molecule has 2 amide bonds. The minimum atomic E-state index is -0.150. The van der Waals surface area contributed by atoms with E-state index in [1.54, 1.807) is 61.6 Å². The summed E-state index contributed by atoms with van der Waals surface area (Å²) < 4.78 is 10.5. The first-order valence-electron chi connectivity index (χ1n) is 9.10. The number of rotatable bonds is 5. The molecule has 1 heterocycles. The van der Waals surface area contributed by atoms with Gasteiger partial charge in [-0.25, -0.2) is 0 Å². The number of methoxy groups -OCH3 is 2. The topological polar surface area (TPSA) is 67.9 Å². The molecular weight excluding hydrogens is 380 g/mol. The molecule has 3 rings (SSSR count). The fourth-order valence-corrected chi connectivity index (χ4v) is 3.52. The summed E-state index contributed by atoms with van der Waals surface area (Å²) in [4.78, 5) is 27.0. The van der Waals surface area contributed by atoms with Gasteiger partial charge in [-0.2, -0.15) is 0 Å².